The Morgan fingerprint density at radius 1 is 1.33 bits per heavy atom. The summed E-state index contributed by atoms with van der Waals surface area (Å²) < 4.78 is 0. The van der Waals surface area contributed by atoms with Crippen LogP contribution < -0.4 is 5.43 Å². The molecule has 0 fully saturated rings. The van der Waals surface area contributed by atoms with E-state index >= 15 is 0 Å². The summed E-state index contributed by atoms with van der Waals surface area (Å²) in [6.45, 7) is 2.35. The Labute approximate surface area is 72.0 Å². The molecule has 0 rings (SSSR count). The van der Waals surface area contributed by atoms with E-state index in [0.717, 1.165) is 0 Å². The van der Waals surface area contributed by atoms with Crippen molar-refractivity contribution in [1.29, 1.82) is 0 Å². The molecular formula is C7H16N2O3. The average molecular weight is 176 g/mol. The van der Waals surface area contributed by atoms with Crippen LogP contribution in [0.15, 0.2) is 0 Å². The molecule has 5 heteroatoms. The number of nitrogens with one attached hydrogen (secondary N) is 1. The number of aliphatic hydroxyl groups is 2. The standard InChI is InChI=1S/C7H16N2O3/c1-2-7(12)8-9(3-5-10)4-6-11/h10-11H,2-6H2,1H3,(H,8,12). The van der Waals surface area contributed by atoms with Crippen LogP contribution in [0.5, 0.6) is 0 Å². The smallest absolute Gasteiger partial charge is 0.233 e. The van der Waals surface area contributed by atoms with Gasteiger partial charge in [0.15, 0.2) is 0 Å². The van der Waals surface area contributed by atoms with Gasteiger partial charge in [0, 0.05) is 19.5 Å². The van der Waals surface area contributed by atoms with E-state index in [4.69, 9.17) is 10.2 Å². The van der Waals surface area contributed by atoms with Crippen LogP contribution in [0.3, 0.4) is 0 Å². The number of amides is 1. The van der Waals surface area contributed by atoms with Gasteiger partial charge in [-0.25, -0.2) is 5.01 Å². The number of hydrogen-bond acceptors (Lipinski definition) is 4. The van der Waals surface area contributed by atoms with Crippen molar-refractivity contribution in [2.24, 2.45) is 0 Å². The Morgan fingerprint density at radius 2 is 1.83 bits per heavy atom. The van der Waals surface area contributed by atoms with E-state index in [1.807, 2.05) is 0 Å². The zero-order chi connectivity index (χ0) is 9.40. The van der Waals surface area contributed by atoms with Gasteiger partial charge in [-0.2, -0.15) is 0 Å². The molecule has 0 heterocycles. The van der Waals surface area contributed by atoms with Gasteiger partial charge in [-0.05, 0) is 0 Å². The van der Waals surface area contributed by atoms with Crippen LogP contribution in [0.25, 0.3) is 0 Å². The zero-order valence-electron chi connectivity index (χ0n) is 7.29. The van der Waals surface area contributed by atoms with E-state index in [9.17, 15) is 4.79 Å². The molecule has 0 atom stereocenters. The first-order chi connectivity index (χ1) is 5.74. The summed E-state index contributed by atoms with van der Waals surface area (Å²) in [5.41, 5.74) is 2.54. The molecule has 5 nitrogen and oxygen atoms in total. The van der Waals surface area contributed by atoms with Crippen LogP contribution in [0.1, 0.15) is 13.3 Å². The molecule has 0 aliphatic rings. The highest BCUT2D eigenvalue weighted by atomic mass is 16.3. The summed E-state index contributed by atoms with van der Waals surface area (Å²) in [5, 5.41) is 18.6. The Bertz CT molecular complexity index is 124. The number of hydrogen-bond donors (Lipinski definition) is 3. The minimum absolute atomic E-state index is 0.0377. The van der Waals surface area contributed by atoms with Crippen LogP contribution in [-0.4, -0.2) is 47.4 Å². The Morgan fingerprint density at radius 3 is 2.17 bits per heavy atom. The highest BCUT2D eigenvalue weighted by Crippen LogP contribution is 1.83. The van der Waals surface area contributed by atoms with E-state index in [1.54, 1.807) is 6.92 Å². The van der Waals surface area contributed by atoms with Crippen molar-refractivity contribution in [2.45, 2.75) is 13.3 Å². The molecule has 3 N–H and O–H groups in total. The highest BCUT2D eigenvalue weighted by Gasteiger charge is 2.05. The lowest BCUT2D eigenvalue weighted by Crippen LogP contribution is -2.44. The molecular weight excluding hydrogens is 160 g/mol. The Hall–Kier alpha value is -0.650. The molecule has 0 aliphatic heterocycles. The molecule has 12 heavy (non-hydrogen) atoms. The molecule has 72 valence electrons. The van der Waals surface area contributed by atoms with Gasteiger partial charge in [0.2, 0.25) is 5.91 Å². The van der Waals surface area contributed by atoms with Gasteiger partial charge in [-0.1, -0.05) is 6.92 Å². The largest absolute Gasteiger partial charge is 0.395 e. The van der Waals surface area contributed by atoms with Crippen molar-refractivity contribution >= 4 is 5.91 Å². The van der Waals surface area contributed by atoms with Crippen LogP contribution in [0.4, 0.5) is 0 Å². The summed E-state index contributed by atoms with van der Waals surface area (Å²) in [6, 6.07) is 0. The Balaban J connectivity index is 3.68. The van der Waals surface area contributed by atoms with Gasteiger partial charge in [0.05, 0.1) is 13.2 Å². The predicted octanol–water partition coefficient (Wildman–Crippen LogP) is -1.29. The minimum atomic E-state index is -0.114. The second-order valence-corrected chi connectivity index (χ2v) is 2.32. The molecule has 0 bridgehead atoms. The molecule has 0 aromatic carbocycles. The van der Waals surface area contributed by atoms with Crippen molar-refractivity contribution in [3.8, 4) is 0 Å². The third kappa shape index (κ3) is 5.06. The molecule has 0 unspecified atom stereocenters. The van der Waals surface area contributed by atoms with Crippen molar-refractivity contribution in [2.75, 3.05) is 26.3 Å². The fourth-order valence-electron chi connectivity index (χ4n) is 0.720. The van der Waals surface area contributed by atoms with Gasteiger partial charge in [0.1, 0.15) is 0 Å². The van der Waals surface area contributed by atoms with Crippen LogP contribution in [0, 0.1) is 0 Å². The number of rotatable bonds is 6. The lowest BCUT2D eigenvalue weighted by molar-refractivity contribution is -0.126. The summed E-state index contributed by atoms with van der Waals surface area (Å²) >= 11 is 0. The molecule has 0 radical (unpaired) electrons. The van der Waals surface area contributed by atoms with Gasteiger partial charge in [0.25, 0.3) is 0 Å². The monoisotopic (exact) mass is 176 g/mol. The van der Waals surface area contributed by atoms with Crippen LogP contribution in [-0.2, 0) is 4.79 Å². The fraction of sp³-hybridized carbons (Fsp3) is 0.857. The van der Waals surface area contributed by atoms with Crippen molar-refractivity contribution in [1.82, 2.24) is 10.4 Å². The van der Waals surface area contributed by atoms with E-state index in [2.05, 4.69) is 5.43 Å². The summed E-state index contributed by atoms with van der Waals surface area (Å²) in [6.07, 6.45) is 0.396. The van der Waals surface area contributed by atoms with Crippen molar-refractivity contribution < 1.29 is 15.0 Å². The number of carbonyl (C=O) groups excluding carboxylic acids is 1. The number of aliphatic hydroxyl groups excluding tert-OH is 2. The van der Waals surface area contributed by atoms with Gasteiger partial charge >= 0.3 is 0 Å². The molecule has 0 aromatic rings. The van der Waals surface area contributed by atoms with Gasteiger partial charge in [-0.3, -0.25) is 10.2 Å². The molecule has 0 spiro atoms. The second-order valence-electron chi connectivity index (χ2n) is 2.32. The van der Waals surface area contributed by atoms with Crippen molar-refractivity contribution in [3.05, 3.63) is 0 Å². The zero-order valence-corrected chi connectivity index (χ0v) is 7.29. The van der Waals surface area contributed by atoms with Gasteiger partial charge < -0.3 is 10.2 Å². The van der Waals surface area contributed by atoms with Crippen molar-refractivity contribution in [3.63, 3.8) is 0 Å². The van der Waals surface area contributed by atoms with E-state index in [0.29, 0.717) is 19.5 Å². The maximum atomic E-state index is 10.9. The maximum absolute atomic E-state index is 10.9. The number of carbonyl (C=O) groups is 1. The molecule has 0 aromatic heterocycles. The average Bonchev–Trinajstić information content (AvgIpc) is 2.05. The third-order valence-corrected chi connectivity index (χ3v) is 1.34. The molecule has 1 amide bonds. The number of nitrogens with zero attached hydrogens (tertiary/aromatic N) is 1. The molecule has 0 saturated carbocycles. The van der Waals surface area contributed by atoms with E-state index in [1.165, 1.54) is 5.01 Å². The van der Waals surface area contributed by atoms with Crippen LogP contribution >= 0.6 is 0 Å². The topological polar surface area (TPSA) is 72.8 Å². The first kappa shape index (κ1) is 11.4. The predicted molar refractivity (Wildman–Crippen MR) is 44.2 cm³/mol. The lowest BCUT2D eigenvalue weighted by Gasteiger charge is -2.20. The minimum Gasteiger partial charge on any atom is -0.395 e. The highest BCUT2D eigenvalue weighted by molar-refractivity contribution is 5.74. The quantitative estimate of drug-likeness (QED) is 0.440. The third-order valence-electron chi connectivity index (χ3n) is 1.34. The lowest BCUT2D eigenvalue weighted by atomic mass is 10.5. The van der Waals surface area contributed by atoms with Gasteiger partial charge in [-0.15, -0.1) is 0 Å². The summed E-state index contributed by atoms with van der Waals surface area (Å²) in [4.78, 5) is 10.9. The fourth-order valence-corrected chi connectivity index (χ4v) is 0.720. The first-order valence-corrected chi connectivity index (χ1v) is 4.00. The van der Waals surface area contributed by atoms with E-state index < -0.39 is 0 Å². The molecule has 0 aliphatic carbocycles. The second kappa shape index (κ2) is 7.02. The Kier molecular flexibility index (Phi) is 6.64. The summed E-state index contributed by atoms with van der Waals surface area (Å²) in [7, 11) is 0. The number of hydrazine groups is 1. The molecule has 0 saturated heterocycles. The SMILES string of the molecule is CCC(=O)NN(CCO)CCO. The normalized spacial score (nSPS) is 10.3. The first-order valence-electron chi connectivity index (χ1n) is 4.00. The maximum Gasteiger partial charge on any atom is 0.233 e. The van der Waals surface area contributed by atoms with Crippen LogP contribution in [0.2, 0.25) is 0 Å². The van der Waals surface area contributed by atoms with E-state index in [-0.39, 0.29) is 19.1 Å². The summed E-state index contributed by atoms with van der Waals surface area (Å²) in [5.74, 6) is -0.114.